The minimum absolute atomic E-state index is 0.198. The first-order valence-corrected chi connectivity index (χ1v) is 10.9. The van der Waals surface area contributed by atoms with Gasteiger partial charge in [0.2, 0.25) is 5.91 Å². The molecule has 0 radical (unpaired) electrons. The number of β-amino-alcohol motifs (C(OH)–C–C–N with tert-alkyl or cyclic N) is 1. The summed E-state index contributed by atoms with van der Waals surface area (Å²) in [7, 11) is 0. The lowest BCUT2D eigenvalue weighted by Crippen LogP contribution is -2.49. The second-order valence-electron chi connectivity index (χ2n) is 8.67. The average molecular weight is 492 g/mol. The lowest BCUT2D eigenvalue weighted by molar-refractivity contribution is -0.164. The molecule has 8 nitrogen and oxygen atoms in total. The Morgan fingerprint density at radius 3 is 2.17 bits per heavy atom. The molecule has 0 aromatic heterocycles. The van der Waals surface area contributed by atoms with Crippen LogP contribution in [0.25, 0.3) is 11.1 Å². The van der Waals surface area contributed by atoms with Crippen molar-refractivity contribution in [2.75, 3.05) is 19.7 Å². The van der Waals surface area contributed by atoms with E-state index in [0.29, 0.717) is 0 Å². The van der Waals surface area contributed by atoms with Crippen LogP contribution >= 0.6 is 0 Å². The number of aliphatic carboxylic acids is 1. The third-order valence-corrected chi connectivity index (χ3v) is 6.41. The smallest absolute Gasteiger partial charge is 0.409 e. The molecule has 1 fully saturated rings. The predicted octanol–water partition coefficient (Wildman–Crippen LogP) is 2.89. The monoisotopic (exact) mass is 492 g/mol. The zero-order valence-electron chi connectivity index (χ0n) is 18.4. The molecular weight excluding hydrogens is 469 g/mol. The highest BCUT2D eigenvalue weighted by molar-refractivity contribution is 5.83. The number of rotatable bonds is 6. The van der Waals surface area contributed by atoms with Gasteiger partial charge in [-0.05, 0) is 22.3 Å². The van der Waals surface area contributed by atoms with E-state index in [0.717, 1.165) is 27.2 Å². The molecule has 0 bridgehead atoms. The van der Waals surface area contributed by atoms with Crippen LogP contribution in [-0.4, -0.2) is 70.6 Å². The van der Waals surface area contributed by atoms with E-state index >= 15 is 0 Å². The van der Waals surface area contributed by atoms with Crippen LogP contribution in [0.4, 0.5) is 18.0 Å². The number of alkyl halides is 3. The Bertz CT molecular complexity index is 1110. The summed E-state index contributed by atoms with van der Waals surface area (Å²) in [5.74, 6) is -2.95. The molecule has 4 rings (SSSR count). The summed E-state index contributed by atoms with van der Waals surface area (Å²) in [6.45, 7) is -1.04. The van der Waals surface area contributed by atoms with Gasteiger partial charge in [-0.15, -0.1) is 0 Å². The maximum atomic E-state index is 13.6. The van der Waals surface area contributed by atoms with Gasteiger partial charge in [0.25, 0.3) is 0 Å². The van der Waals surface area contributed by atoms with E-state index in [-0.39, 0.29) is 25.5 Å². The number of aliphatic hydroxyl groups is 1. The molecular formula is C24H23F3N2O6. The van der Waals surface area contributed by atoms with Gasteiger partial charge in [0.15, 0.2) is 5.60 Å². The van der Waals surface area contributed by atoms with Gasteiger partial charge in [-0.3, -0.25) is 4.79 Å². The van der Waals surface area contributed by atoms with Gasteiger partial charge in [-0.1, -0.05) is 48.5 Å². The fraction of sp³-hybridized carbons (Fsp3) is 0.375. The number of hydrogen-bond donors (Lipinski definition) is 3. The van der Waals surface area contributed by atoms with Crippen LogP contribution in [0.1, 0.15) is 29.9 Å². The van der Waals surface area contributed by atoms with Gasteiger partial charge in [0.1, 0.15) is 12.6 Å². The van der Waals surface area contributed by atoms with E-state index in [2.05, 4.69) is 0 Å². The van der Waals surface area contributed by atoms with Crippen LogP contribution in [0.5, 0.6) is 0 Å². The third-order valence-electron chi connectivity index (χ3n) is 6.41. The topological polar surface area (TPSA) is 116 Å². The molecule has 2 aromatic rings. The van der Waals surface area contributed by atoms with Crippen LogP contribution in [0.3, 0.4) is 0 Å². The molecule has 2 atom stereocenters. The number of ether oxygens (including phenoxy) is 1. The Morgan fingerprint density at radius 2 is 1.66 bits per heavy atom. The van der Waals surface area contributed by atoms with Gasteiger partial charge in [-0.2, -0.15) is 13.2 Å². The van der Waals surface area contributed by atoms with Crippen molar-refractivity contribution < 1.29 is 42.5 Å². The fourth-order valence-electron chi connectivity index (χ4n) is 4.52. The number of benzene rings is 2. The minimum Gasteiger partial charge on any atom is -0.479 e. The molecule has 35 heavy (non-hydrogen) atoms. The van der Waals surface area contributed by atoms with E-state index < -0.39 is 48.8 Å². The number of carboxylic acids is 1. The van der Waals surface area contributed by atoms with Crippen molar-refractivity contribution in [3.8, 4) is 11.1 Å². The highest BCUT2D eigenvalue weighted by Gasteiger charge is 2.47. The molecule has 186 valence electrons. The number of carbonyl (C=O) groups is 3. The van der Waals surface area contributed by atoms with Crippen molar-refractivity contribution in [1.82, 2.24) is 10.2 Å². The molecule has 2 aromatic carbocycles. The highest BCUT2D eigenvalue weighted by atomic mass is 19.4. The highest BCUT2D eigenvalue weighted by Crippen LogP contribution is 2.44. The lowest BCUT2D eigenvalue weighted by atomic mass is 9.98. The molecule has 1 aliphatic carbocycles. The maximum Gasteiger partial charge on any atom is 0.409 e. The van der Waals surface area contributed by atoms with Crippen molar-refractivity contribution in [2.24, 2.45) is 0 Å². The largest absolute Gasteiger partial charge is 0.479 e. The number of fused-ring (bicyclic) bond motifs is 3. The molecule has 1 saturated heterocycles. The zero-order valence-corrected chi connectivity index (χ0v) is 18.4. The van der Waals surface area contributed by atoms with Crippen LogP contribution in [-0.2, 0) is 14.3 Å². The summed E-state index contributed by atoms with van der Waals surface area (Å²) in [6.07, 6.45) is -7.73. The number of halogens is 3. The van der Waals surface area contributed by atoms with Crippen molar-refractivity contribution in [3.05, 3.63) is 59.7 Å². The summed E-state index contributed by atoms with van der Waals surface area (Å²) in [5.41, 5.74) is 1.50. The first kappa shape index (κ1) is 24.5. The summed E-state index contributed by atoms with van der Waals surface area (Å²) >= 11 is 0. The molecule has 2 aliphatic rings. The van der Waals surface area contributed by atoms with E-state index in [1.165, 1.54) is 0 Å². The van der Waals surface area contributed by atoms with E-state index in [4.69, 9.17) is 9.84 Å². The third kappa shape index (κ3) is 4.95. The molecule has 2 amide bonds. The Morgan fingerprint density at radius 1 is 1.09 bits per heavy atom. The van der Waals surface area contributed by atoms with Crippen LogP contribution in [0, 0.1) is 0 Å². The van der Waals surface area contributed by atoms with Crippen molar-refractivity contribution >= 4 is 18.0 Å². The molecule has 1 heterocycles. The normalized spacial score (nSPS) is 20.2. The quantitative estimate of drug-likeness (QED) is 0.571. The Labute approximate surface area is 198 Å². The van der Waals surface area contributed by atoms with E-state index in [1.807, 2.05) is 48.5 Å². The van der Waals surface area contributed by atoms with Crippen molar-refractivity contribution in [1.29, 1.82) is 0 Å². The van der Waals surface area contributed by atoms with Gasteiger partial charge in [-0.25, -0.2) is 9.59 Å². The van der Waals surface area contributed by atoms with Gasteiger partial charge >= 0.3 is 18.2 Å². The van der Waals surface area contributed by atoms with Gasteiger partial charge in [0.05, 0.1) is 13.0 Å². The molecule has 11 heteroatoms. The second-order valence-corrected chi connectivity index (χ2v) is 8.67. The summed E-state index contributed by atoms with van der Waals surface area (Å²) in [6, 6.07) is 12.4. The Kier molecular flexibility index (Phi) is 6.46. The number of carboxylic acid groups (broad SMARTS) is 1. The number of nitrogens with zero attached hydrogens (tertiary/aromatic N) is 1. The van der Waals surface area contributed by atoms with Crippen molar-refractivity contribution in [3.63, 3.8) is 0 Å². The zero-order chi connectivity index (χ0) is 25.4. The number of nitrogens with one attached hydrogen (secondary N) is 1. The Hall–Kier alpha value is -3.60. The first-order valence-electron chi connectivity index (χ1n) is 10.9. The number of hydrogen-bond acceptors (Lipinski definition) is 5. The number of amides is 2. The van der Waals surface area contributed by atoms with Crippen molar-refractivity contribution in [2.45, 2.75) is 36.6 Å². The second kappa shape index (κ2) is 9.21. The molecule has 3 N–H and O–H groups in total. The average Bonchev–Trinajstić information content (AvgIpc) is 3.36. The maximum absolute atomic E-state index is 13.6. The Balaban J connectivity index is 1.39. The summed E-state index contributed by atoms with van der Waals surface area (Å²) < 4.78 is 45.8. The molecule has 2 unspecified atom stereocenters. The fourth-order valence-corrected chi connectivity index (χ4v) is 4.52. The molecule has 0 saturated carbocycles. The lowest BCUT2D eigenvalue weighted by Gasteiger charge is -2.25. The summed E-state index contributed by atoms with van der Waals surface area (Å²) in [5, 5.41) is 20.7. The number of carbonyl (C=O) groups excluding carboxylic acids is 2. The van der Waals surface area contributed by atoms with Gasteiger partial charge < -0.3 is 25.2 Å². The van der Waals surface area contributed by atoms with E-state index in [9.17, 15) is 32.7 Å². The number of alkyl carbamates (subject to hydrolysis) is 1. The summed E-state index contributed by atoms with van der Waals surface area (Å²) in [4.78, 5) is 36.6. The molecule has 0 spiro atoms. The SMILES string of the molecule is O=C(NC(CC(=O)N1CCC(O)(C(=O)O)C1)C(F)(F)F)OCC1c2ccccc2-c2ccccc21. The number of likely N-dealkylation sites (tertiary alicyclic amines) is 1. The van der Waals surface area contributed by atoms with Crippen LogP contribution in [0.15, 0.2) is 48.5 Å². The van der Waals surface area contributed by atoms with Crippen LogP contribution < -0.4 is 5.32 Å². The van der Waals surface area contributed by atoms with Gasteiger partial charge in [0, 0.05) is 18.9 Å². The molecule has 1 aliphatic heterocycles. The van der Waals surface area contributed by atoms with E-state index in [1.54, 1.807) is 5.32 Å². The predicted molar refractivity (Wildman–Crippen MR) is 116 cm³/mol. The standard InChI is InChI=1S/C24H23F3N2O6/c25-24(26,27)19(11-20(30)29-10-9-23(34,13-29)21(31)32)28-22(33)35-12-18-16-7-3-1-5-14(16)15-6-2-4-8-17(15)18/h1-8,18-19,34H,9-13H2,(H,28,33)(H,31,32). The minimum atomic E-state index is -4.95. The first-order chi connectivity index (χ1) is 16.5. The van der Waals surface area contributed by atoms with Crippen LogP contribution in [0.2, 0.25) is 0 Å².